The van der Waals surface area contributed by atoms with E-state index in [-0.39, 0.29) is 6.61 Å². The van der Waals surface area contributed by atoms with Gasteiger partial charge in [-0.15, -0.1) is 0 Å². The van der Waals surface area contributed by atoms with E-state index in [1.54, 1.807) is 0 Å². The van der Waals surface area contributed by atoms with Crippen LogP contribution in [-0.2, 0) is 13.2 Å². The van der Waals surface area contributed by atoms with Crippen molar-refractivity contribution in [2.75, 3.05) is 20.6 Å². The number of hydrogen-bond acceptors (Lipinski definition) is 4. The zero-order chi connectivity index (χ0) is 13.5. The van der Waals surface area contributed by atoms with Crippen molar-refractivity contribution in [2.24, 2.45) is 5.92 Å². The lowest BCUT2D eigenvalue weighted by Gasteiger charge is -2.26. The number of nitrogens with zero attached hydrogens (tertiary/aromatic N) is 1. The van der Waals surface area contributed by atoms with Crippen molar-refractivity contribution >= 4 is 0 Å². The maximum absolute atomic E-state index is 8.92. The molecule has 1 atom stereocenters. The highest BCUT2D eigenvalue weighted by Gasteiger charge is 2.13. The van der Waals surface area contributed by atoms with E-state index >= 15 is 0 Å². The number of furan rings is 1. The van der Waals surface area contributed by atoms with E-state index in [2.05, 4.69) is 38.2 Å². The number of hydrogen-bond donors (Lipinski definition) is 2. The standard InChI is InChI=1S/C14H26N2O2/c1-11(2)7-12(16(3)4)8-15-9-13-5-6-14(10-17)18-13/h5-6,11-12,15,17H,7-10H2,1-4H3. The van der Waals surface area contributed by atoms with Crippen molar-refractivity contribution in [3.8, 4) is 0 Å². The molecule has 4 nitrogen and oxygen atoms in total. The summed E-state index contributed by atoms with van der Waals surface area (Å²) in [6.45, 7) is 6.11. The third kappa shape index (κ3) is 5.21. The second-order valence-electron chi connectivity index (χ2n) is 5.40. The van der Waals surface area contributed by atoms with Gasteiger partial charge in [-0.3, -0.25) is 0 Å². The van der Waals surface area contributed by atoms with Gasteiger partial charge in [-0.25, -0.2) is 0 Å². The van der Waals surface area contributed by atoms with Crippen molar-refractivity contribution in [3.05, 3.63) is 23.7 Å². The Balaban J connectivity index is 2.34. The summed E-state index contributed by atoms with van der Waals surface area (Å²) in [5, 5.41) is 12.3. The maximum atomic E-state index is 8.92. The fourth-order valence-corrected chi connectivity index (χ4v) is 1.99. The summed E-state index contributed by atoms with van der Waals surface area (Å²) in [6, 6.07) is 4.26. The molecule has 0 aliphatic carbocycles. The Bertz CT molecular complexity index is 334. The fourth-order valence-electron chi connectivity index (χ4n) is 1.99. The molecule has 2 N–H and O–H groups in total. The van der Waals surface area contributed by atoms with E-state index in [1.165, 1.54) is 6.42 Å². The van der Waals surface area contributed by atoms with Crippen LogP contribution in [0.3, 0.4) is 0 Å². The van der Waals surface area contributed by atoms with Gasteiger partial charge in [-0.2, -0.15) is 0 Å². The van der Waals surface area contributed by atoms with Crippen LogP contribution in [-0.4, -0.2) is 36.7 Å². The monoisotopic (exact) mass is 254 g/mol. The van der Waals surface area contributed by atoms with Crippen molar-refractivity contribution in [3.63, 3.8) is 0 Å². The maximum Gasteiger partial charge on any atom is 0.129 e. The number of likely N-dealkylation sites (N-methyl/N-ethyl adjacent to an activating group) is 1. The van der Waals surface area contributed by atoms with Gasteiger partial charge in [-0.05, 0) is 38.6 Å². The lowest BCUT2D eigenvalue weighted by Crippen LogP contribution is -2.38. The summed E-state index contributed by atoms with van der Waals surface area (Å²) in [4.78, 5) is 2.26. The van der Waals surface area contributed by atoms with Crippen LogP contribution in [0.5, 0.6) is 0 Å². The van der Waals surface area contributed by atoms with Gasteiger partial charge in [0.05, 0.1) is 6.54 Å². The molecule has 0 spiro atoms. The Labute approximate surface area is 110 Å². The lowest BCUT2D eigenvalue weighted by molar-refractivity contribution is 0.236. The Morgan fingerprint density at radius 2 is 1.94 bits per heavy atom. The molecule has 1 heterocycles. The van der Waals surface area contributed by atoms with E-state index in [9.17, 15) is 0 Å². The predicted octanol–water partition coefficient (Wildman–Crippen LogP) is 1.84. The first-order valence-electron chi connectivity index (χ1n) is 6.58. The minimum Gasteiger partial charge on any atom is -0.462 e. The molecule has 1 rings (SSSR count). The molecule has 0 aliphatic heterocycles. The van der Waals surface area contributed by atoms with Crippen LogP contribution in [0.25, 0.3) is 0 Å². The van der Waals surface area contributed by atoms with Crippen molar-refractivity contribution < 1.29 is 9.52 Å². The molecule has 1 aromatic rings. The number of aliphatic hydroxyl groups is 1. The number of aliphatic hydroxyl groups excluding tert-OH is 1. The Morgan fingerprint density at radius 3 is 2.44 bits per heavy atom. The average Bonchev–Trinajstić information content (AvgIpc) is 2.75. The molecule has 0 radical (unpaired) electrons. The molecule has 4 heteroatoms. The van der Waals surface area contributed by atoms with Crippen LogP contribution in [0.2, 0.25) is 0 Å². The normalized spacial score (nSPS) is 13.5. The van der Waals surface area contributed by atoms with Gasteiger partial charge < -0.3 is 19.7 Å². The summed E-state index contributed by atoms with van der Waals surface area (Å²) in [5.41, 5.74) is 0. The zero-order valence-corrected chi connectivity index (χ0v) is 11.9. The first kappa shape index (κ1) is 15.2. The van der Waals surface area contributed by atoms with Crippen molar-refractivity contribution in [1.82, 2.24) is 10.2 Å². The average molecular weight is 254 g/mol. The minimum absolute atomic E-state index is 0.0341. The summed E-state index contributed by atoms with van der Waals surface area (Å²) >= 11 is 0. The van der Waals surface area contributed by atoms with Gasteiger partial charge in [0.1, 0.15) is 18.1 Å². The van der Waals surface area contributed by atoms with E-state index in [4.69, 9.17) is 9.52 Å². The third-order valence-corrected chi connectivity index (χ3v) is 3.03. The molecule has 0 saturated heterocycles. The fraction of sp³-hybridized carbons (Fsp3) is 0.714. The van der Waals surface area contributed by atoms with Crippen LogP contribution < -0.4 is 5.32 Å². The van der Waals surface area contributed by atoms with E-state index < -0.39 is 0 Å². The van der Waals surface area contributed by atoms with Gasteiger partial charge in [0.15, 0.2) is 0 Å². The molecule has 0 saturated carbocycles. The largest absolute Gasteiger partial charge is 0.462 e. The number of nitrogens with one attached hydrogen (secondary N) is 1. The summed E-state index contributed by atoms with van der Waals surface area (Å²) < 4.78 is 5.43. The molecular weight excluding hydrogens is 228 g/mol. The first-order chi connectivity index (χ1) is 8.52. The van der Waals surface area contributed by atoms with Gasteiger partial charge >= 0.3 is 0 Å². The molecule has 104 valence electrons. The van der Waals surface area contributed by atoms with E-state index in [1.807, 2.05) is 12.1 Å². The van der Waals surface area contributed by atoms with Gasteiger partial charge in [0.2, 0.25) is 0 Å². The van der Waals surface area contributed by atoms with Gasteiger partial charge in [0.25, 0.3) is 0 Å². The lowest BCUT2D eigenvalue weighted by atomic mass is 10.0. The molecule has 0 bridgehead atoms. The van der Waals surface area contributed by atoms with Crippen LogP contribution in [0.4, 0.5) is 0 Å². The second-order valence-corrected chi connectivity index (χ2v) is 5.40. The molecule has 0 aromatic carbocycles. The number of rotatable bonds is 8. The van der Waals surface area contributed by atoms with Crippen LogP contribution in [0.1, 0.15) is 31.8 Å². The van der Waals surface area contributed by atoms with E-state index in [0.29, 0.717) is 24.3 Å². The van der Waals surface area contributed by atoms with Crippen LogP contribution in [0.15, 0.2) is 16.5 Å². The Kier molecular flexibility index (Phi) is 6.39. The summed E-state index contributed by atoms with van der Waals surface area (Å²) in [5.74, 6) is 2.20. The minimum atomic E-state index is -0.0341. The molecule has 18 heavy (non-hydrogen) atoms. The highest BCUT2D eigenvalue weighted by atomic mass is 16.4. The van der Waals surface area contributed by atoms with Crippen molar-refractivity contribution in [1.29, 1.82) is 0 Å². The quantitative estimate of drug-likeness (QED) is 0.743. The van der Waals surface area contributed by atoms with Crippen molar-refractivity contribution in [2.45, 2.75) is 39.5 Å². The molecule has 0 aliphatic rings. The Hall–Kier alpha value is -0.840. The molecular formula is C14H26N2O2. The topological polar surface area (TPSA) is 48.6 Å². The van der Waals surface area contributed by atoms with Gasteiger partial charge in [-0.1, -0.05) is 13.8 Å². The predicted molar refractivity (Wildman–Crippen MR) is 73.3 cm³/mol. The molecule has 0 fully saturated rings. The third-order valence-electron chi connectivity index (χ3n) is 3.03. The van der Waals surface area contributed by atoms with Crippen LogP contribution in [0, 0.1) is 5.92 Å². The highest BCUT2D eigenvalue weighted by molar-refractivity contribution is 5.06. The zero-order valence-electron chi connectivity index (χ0n) is 11.9. The van der Waals surface area contributed by atoms with Gasteiger partial charge in [0, 0.05) is 12.6 Å². The molecule has 0 amide bonds. The molecule has 1 aromatic heterocycles. The van der Waals surface area contributed by atoms with E-state index in [0.717, 1.165) is 12.3 Å². The highest BCUT2D eigenvalue weighted by Crippen LogP contribution is 2.10. The Morgan fingerprint density at radius 1 is 1.28 bits per heavy atom. The summed E-state index contributed by atoms with van der Waals surface area (Å²) in [6.07, 6.45) is 1.18. The SMILES string of the molecule is CC(C)CC(CNCc1ccc(CO)o1)N(C)C. The van der Waals surface area contributed by atoms with Crippen LogP contribution >= 0.6 is 0 Å². The first-order valence-corrected chi connectivity index (χ1v) is 6.58. The second kappa shape index (κ2) is 7.56. The summed E-state index contributed by atoms with van der Waals surface area (Å²) in [7, 11) is 4.23. The smallest absolute Gasteiger partial charge is 0.129 e. The molecule has 1 unspecified atom stereocenters.